The SMILES string of the molecule is O=S(=O)(c1cnc[nH]1)N1CCN(CC2CC2)CC1. The Morgan fingerprint density at radius 1 is 1.28 bits per heavy atom. The lowest BCUT2D eigenvalue weighted by Crippen LogP contribution is -2.49. The predicted octanol–water partition coefficient (Wildman–Crippen LogP) is 0.126. The number of nitrogens with zero attached hydrogens (tertiary/aromatic N) is 3. The van der Waals surface area contributed by atoms with Gasteiger partial charge in [-0.15, -0.1) is 0 Å². The number of aromatic nitrogens is 2. The normalized spacial score (nSPS) is 23.3. The molecule has 1 aromatic heterocycles. The molecule has 0 spiro atoms. The minimum Gasteiger partial charge on any atom is -0.335 e. The molecule has 18 heavy (non-hydrogen) atoms. The molecule has 6 nitrogen and oxygen atoms in total. The van der Waals surface area contributed by atoms with Crippen LogP contribution in [0.15, 0.2) is 17.6 Å². The molecule has 1 N–H and O–H groups in total. The number of sulfonamides is 1. The van der Waals surface area contributed by atoms with Crippen molar-refractivity contribution in [2.45, 2.75) is 17.9 Å². The summed E-state index contributed by atoms with van der Waals surface area (Å²) in [4.78, 5) is 8.82. The van der Waals surface area contributed by atoms with E-state index >= 15 is 0 Å². The Hall–Kier alpha value is -0.920. The van der Waals surface area contributed by atoms with E-state index in [9.17, 15) is 8.42 Å². The number of imidazole rings is 1. The number of rotatable bonds is 4. The van der Waals surface area contributed by atoms with Crippen LogP contribution in [0, 0.1) is 5.92 Å². The van der Waals surface area contributed by atoms with Crippen LogP contribution in [0.5, 0.6) is 0 Å². The van der Waals surface area contributed by atoms with E-state index in [1.54, 1.807) is 4.31 Å². The van der Waals surface area contributed by atoms with Crippen molar-refractivity contribution in [1.82, 2.24) is 19.2 Å². The zero-order valence-electron chi connectivity index (χ0n) is 10.2. The van der Waals surface area contributed by atoms with Crippen LogP contribution in [0.2, 0.25) is 0 Å². The van der Waals surface area contributed by atoms with Crippen LogP contribution >= 0.6 is 0 Å². The Bertz CT molecular complexity index is 487. The maximum Gasteiger partial charge on any atom is 0.260 e. The molecule has 0 radical (unpaired) electrons. The van der Waals surface area contributed by atoms with Gasteiger partial charge in [-0.25, -0.2) is 13.4 Å². The van der Waals surface area contributed by atoms with Crippen LogP contribution < -0.4 is 0 Å². The highest BCUT2D eigenvalue weighted by Crippen LogP contribution is 2.30. The van der Waals surface area contributed by atoms with E-state index in [4.69, 9.17) is 0 Å². The number of H-pyrrole nitrogens is 1. The molecule has 7 heteroatoms. The molecule has 2 fully saturated rings. The maximum absolute atomic E-state index is 12.2. The van der Waals surface area contributed by atoms with Crippen molar-refractivity contribution in [2.24, 2.45) is 5.92 Å². The van der Waals surface area contributed by atoms with Gasteiger partial charge in [0, 0.05) is 32.7 Å². The van der Waals surface area contributed by atoms with Crippen molar-refractivity contribution in [3.05, 3.63) is 12.5 Å². The third kappa shape index (κ3) is 2.43. The van der Waals surface area contributed by atoms with Crippen molar-refractivity contribution < 1.29 is 8.42 Å². The lowest BCUT2D eigenvalue weighted by molar-refractivity contribution is 0.182. The second-order valence-corrected chi connectivity index (χ2v) is 6.97. The summed E-state index contributed by atoms with van der Waals surface area (Å²) in [7, 11) is -3.37. The van der Waals surface area contributed by atoms with E-state index in [0.717, 1.165) is 25.6 Å². The van der Waals surface area contributed by atoms with Gasteiger partial charge in [0.15, 0.2) is 5.03 Å². The molecule has 0 bridgehead atoms. The summed E-state index contributed by atoms with van der Waals surface area (Å²) < 4.78 is 26.0. The van der Waals surface area contributed by atoms with Crippen LogP contribution in [0.3, 0.4) is 0 Å². The fourth-order valence-corrected chi connectivity index (χ4v) is 3.66. The molecule has 0 aromatic carbocycles. The van der Waals surface area contributed by atoms with E-state index in [-0.39, 0.29) is 5.03 Å². The van der Waals surface area contributed by atoms with Gasteiger partial charge in [-0.05, 0) is 18.8 Å². The highest BCUT2D eigenvalue weighted by Gasteiger charge is 2.31. The third-order valence-electron chi connectivity index (χ3n) is 3.64. The van der Waals surface area contributed by atoms with Gasteiger partial charge < -0.3 is 9.88 Å². The van der Waals surface area contributed by atoms with E-state index in [1.807, 2.05) is 0 Å². The lowest BCUT2D eigenvalue weighted by Gasteiger charge is -2.33. The van der Waals surface area contributed by atoms with Gasteiger partial charge in [-0.2, -0.15) is 4.31 Å². The number of hydrogen-bond donors (Lipinski definition) is 1. The first kappa shape index (κ1) is 12.1. The molecule has 1 saturated carbocycles. The molecule has 1 aliphatic carbocycles. The first-order chi connectivity index (χ1) is 8.66. The third-order valence-corrected chi connectivity index (χ3v) is 5.46. The minimum absolute atomic E-state index is 0.193. The van der Waals surface area contributed by atoms with E-state index in [1.165, 1.54) is 25.4 Å². The molecule has 1 aromatic rings. The van der Waals surface area contributed by atoms with E-state index in [2.05, 4.69) is 14.9 Å². The van der Waals surface area contributed by atoms with Crippen molar-refractivity contribution >= 4 is 10.0 Å². The zero-order chi connectivity index (χ0) is 12.6. The van der Waals surface area contributed by atoms with Gasteiger partial charge in [0.05, 0.1) is 12.5 Å². The van der Waals surface area contributed by atoms with E-state index < -0.39 is 10.0 Å². The second-order valence-electron chi connectivity index (χ2n) is 5.06. The standard InChI is InChI=1S/C11H18N4O2S/c16-18(17,11-7-12-9-13-11)15-5-3-14(4-6-15)8-10-1-2-10/h7,9-10H,1-6,8H2,(H,12,13). The van der Waals surface area contributed by atoms with E-state index in [0.29, 0.717) is 13.1 Å². The first-order valence-corrected chi connectivity index (χ1v) is 7.81. The fraction of sp³-hybridized carbons (Fsp3) is 0.727. The molecule has 2 aliphatic rings. The monoisotopic (exact) mass is 270 g/mol. The summed E-state index contributed by atoms with van der Waals surface area (Å²) in [5.74, 6) is 0.862. The number of aromatic amines is 1. The van der Waals surface area contributed by atoms with Gasteiger partial charge in [-0.3, -0.25) is 0 Å². The van der Waals surface area contributed by atoms with Gasteiger partial charge in [-0.1, -0.05) is 0 Å². The average Bonchev–Trinajstić information content (AvgIpc) is 2.99. The Balaban J connectivity index is 1.61. The quantitative estimate of drug-likeness (QED) is 0.844. The Kier molecular flexibility index (Phi) is 3.13. The van der Waals surface area contributed by atoms with Crippen LogP contribution in [0.25, 0.3) is 0 Å². The Labute approximate surface area is 107 Å². The molecule has 0 atom stereocenters. The summed E-state index contributed by atoms with van der Waals surface area (Å²) >= 11 is 0. The van der Waals surface area contributed by atoms with Crippen molar-refractivity contribution in [3.8, 4) is 0 Å². The van der Waals surface area contributed by atoms with Gasteiger partial charge in [0.25, 0.3) is 10.0 Å². The molecule has 2 heterocycles. The summed E-state index contributed by atoms with van der Waals surface area (Å²) in [5, 5.41) is 0.193. The number of hydrogen-bond acceptors (Lipinski definition) is 4. The summed E-state index contributed by atoms with van der Waals surface area (Å²) in [5.41, 5.74) is 0. The first-order valence-electron chi connectivity index (χ1n) is 6.37. The molecule has 0 amide bonds. The van der Waals surface area contributed by atoms with Gasteiger partial charge in [0.1, 0.15) is 0 Å². The lowest BCUT2D eigenvalue weighted by atomic mass is 10.3. The van der Waals surface area contributed by atoms with Gasteiger partial charge >= 0.3 is 0 Å². The van der Waals surface area contributed by atoms with Crippen LogP contribution in [0.4, 0.5) is 0 Å². The maximum atomic E-state index is 12.2. The summed E-state index contributed by atoms with van der Waals surface area (Å²) in [6.45, 7) is 3.97. The topological polar surface area (TPSA) is 69.3 Å². The Morgan fingerprint density at radius 2 is 2.00 bits per heavy atom. The molecule has 1 saturated heterocycles. The second kappa shape index (κ2) is 4.64. The smallest absolute Gasteiger partial charge is 0.260 e. The summed E-state index contributed by atoms with van der Waals surface area (Å²) in [6.07, 6.45) is 5.45. The molecule has 3 rings (SSSR count). The molecular weight excluding hydrogens is 252 g/mol. The minimum atomic E-state index is -3.37. The highest BCUT2D eigenvalue weighted by molar-refractivity contribution is 7.89. The number of nitrogens with one attached hydrogen (secondary N) is 1. The molecule has 0 unspecified atom stereocenters. The fourth-order valence-electron chi connectivity index (χ4n) is 2.34. The molecular formula is C11H18N4O2S. The van der Waals surface area contributed by atoms with Crippen LogP contribution in [-0.2, 0) is 10.0 Å². The van der Waals surface area contributed by atoms with Crippen molar-refractivity contribution in [3.63, 3.8) is 0 Å². The van der Waals surface area contributed by atoms with Gasteiger partial charge in [0.2, 0.25) is 0 Å². The average molecular weight is 270 g/mol. The zero-order valence-corrected chi connectivity index (χ0v) is 11.1. The highest BCUT2D eigenvalue weighted by atomic mass is 32.2. The largest absolute Gasteiger partial charge is 0.335 e. The Morgan fingerprint density at radius 3 is 2.56 bits per heavy atom. The molecule has 100 valence electrons. The predicted molar refractivity (Wildman–Crippen MR) is 66.5 cm³/mol. The number of piperazine rings is 1. The van der Waals surface area contributed by atoms with Crippen LogP contribution in [0.1, 0.15) is 12.8 Å². The van der Waals surface area contributed by atoms with Crippen LogP contribution in [-0.4, -0.2) is 60.3 Å². The van der Waals surface area contributed by atoms with Crippen molar-refractivity contribution in [2.75, 3.05) is 32.7 Å². The van der Waals surface area contributed by atoms with Crippen molar-refractivity contribution in [1.29, 1.82) is 0 Å². The molecule has 1 aliphatic heterocycles. The summed E-state index contributed by atoms with van der Waals surface area (Å²) in [6, 6.07) is 0.